The molecule has 0 atom stereocenters. The van der Waals surface area contributed by atoms with Gasteiger partial charge < -0.3 is 4.74 Å². The molecule has 1 rings (SSSR count). The van der Waals surface area contributed by atoms with Crippen LogP contribution in [0.15, 0.2) is 24.3 Å². The maximum Gasteiger partial charge on any atom is 0.311 e. The molecule has 0 saturated heterocycles. The van der Waals surface area contributed by atoms with Gasteiger partial charge in [-0.1, -0.05) is 12.1 Å². The fourth-order valence-electron chi connectivity index (χ4n) is 1.04. The Balaban J connectivity index is 2.56. The van der Waals surface area contributed by atoms with Crippen LogP contribution in [0.2, 0.25) is 0 Å². The van der Waals surface area contributed by atoms with E-state index in [1.807, 2.05) is 0 Å². The molecule has 0 N–H and O–H groups in total. The third kappa shape index (κ3) is 4.13. The van der Waals surface area contributed by atoms with Crippen molar-refractivity contribution in [1.82, 2.24) is 0 Å². The zero-order valence-corrected chi connectivity index (χ0v) is 8.87. The van der Waals surface area contributed by atoms with Crippen molar-refractivity contribution in [3.05, 3.63) is 29.8 Å². The molecule has 0 aliphatic carbocycles. The van der Waals surface area contributed by atoms with Crippen LogP contribution in [-0.2, 0) is 4.79 Å². The van der Waals surface area contributed by atoms with Gasteiger partial charge in [-0.05, 0) is 18.6 Å². The number of hydrogen-bond acceptors (Lipinski definition) is 3. The van der Waals surface area contributed by atoms with Gasteiger partial charge in [-0.25, -0.2) is 0 Å². The van der Waals surface area contributed by atoms with Gasteiger partial charge in [0.25, 0.3) is 0 Å². The van der Waals surface area contributed by atoms with Crippen molar-refractivity contribution in [2.24, 2.45) is 0 Å². The van der Waals surface area contributed by atoms with Crippen LogP contribution in [0.4, 0.5) is 0 Å². The number of aldehydes is 1. The predicted octanol–water partition coefficient (Wildman–Crippen LogP) is 2.42. The number of ether oxygens (including phenoxy) is 1. The van der Waals surface area contributed by atoms with Crippen molar-refractivity contribution in [1.29, 1.82) is 0 Å². The van der Waals surface area contributed by atoms with E-state index in [2.05, 4.69) is 0 Å². The van der Waals surface area contributed by atoms with Gasteiger partial charge in [0.05, 0.1) is 0 Å². The topological polar surface area (TPSA) is 43.4 Å². The Hall–Kier alpha value is -1.35. The van der Waals surface area contributed by atoms with E-state index >= 15 is 0 Å². The van der Waals surface area contributed by atoms with Crippen LogP contribution in [0.25, 0.3) is 0 Å². The van der Waals surface area contributed by atoms with Crippen LogP contribution in [0.1, 0.15) is 23.2 Å². The molecule has 0 bridgehead atoms. The number of carbonyl (C=O) groups is 2. The Labute approximate surface area is 93.0 Å². The van der Waals surface area contributed by atoms with E-state index in [4.69, 9.17) is 16.3 Å². The first-order chi connectivity index (χ1) is 7.26. The maximum absolute atomic E-state index is 11.2. The fraction of sp³-hybridized carbons (Fsp3) is 0.273. The first-order valence-corrected chi connectivity index (χ1v) is 5.11. The number of rotatable bonds is 5. The summed E-state index contributed by atoms with van der Waals surface area (Å²) in [4.78, 5) is 21.7. The monoisotopic (exact) mass is 226 g/mol. The van der Waals surface area contributed by atoms with Crippen LogP contribution < -0.4 is 4.74 Å². The van der Waals surface area contributed by atoms with Gasteiger partial charge in [0.1, 0.15) is 12.0 Å². The van der Waals surface area contributed by atoms with E-state index in [9.17, 15) is 9.59 Å². The van der Waals surface area contributed by atoms with Crippen LogP contribution >= 0.6 is 11.6 Å². The minimum Gasteiger partial charge on any atom is -0.427 e. The molecule has 1 aromatic rings. The zero-order chi connectivity index (χ0) is 11.1. The van der Waals surface area contributed by atoms with E-state index in [0.29, 0.717) is 29.9 Å². The third-order valence-corrected chi connectivity index (χ3v) is 2.01. The number of alkyl halides is 1. The van der Waals surface area contributed by atoms with Gasteiger partial charge in [0, 0.05) is 17.9 Å². The summed E-state index contributed by atoms with van der Waals surface area (Å²) in [5, 5.41) is 0. The average molecular weight is 227 g/mol. The van der Waals surface area contributed by atoms with E-state index in [0.717, 1.165) is 0 Å². The van der Waals surface area contributed by atoms with E-state index in [1.54, 1.807) is 18.2 Å². The van der Waals surface area contributed by atoms with E-state index < -0.39 is 0 Å². The van der Waals surface area contributed by atoms with Crippen molar-refractivity contribution in [3.8, 4) is 5.75 Å². The second kappa shape index (κ2) is 6.19. The quantitative estimate of drug-likeness (QED) is 0.335. The largest absolute Gasteiger partial charge is 0.427 e. The molecule has 1 aromatic carbocycles. The lowest BCUT2D eigenvalue weighted by Crippen LogP contribution is -2.07. The molecule has 0 unspecified atom stereocenters. The highest BCUT2D eigenvalue weighted by Gasteiger charge is 2.04. The summed E-state index contributed by atoms with van der Waals surface area (Å²) in [5.74, 6) is 0.488. The molecule has 15 heavy (non-hydrogen) atoms. The molecule has 0 aromatic heterocycles. The number of benzene rings is 1. The van der Waals surface area contributed by atoms with Crippen LogP contribution in [0.5, 0.6) is 5.75 Å². The number of carbonyl (C=O) groups excluding carboxylic acids is 2. The van der Waals surface area contributed by atoms with Gasteiger partial charge in [-0.15, -0.1) is 11.6 Å². The SMILES string of the molecule is O=Cc1cccc(OC(=O)CCCCl)c1. The summed E-state index contributed by atoms with van der Waals surface area (Å²) in [6.07, 6.45) is 1.58. The van der Waals surface area contributed by atoms with Gasteiger partial charge in [-0.2, -0.15) is 0 Å². The minimum absolute atomic E-state index is 0.287. The molecule has 0 amide bonds. The van der Waals surface area contributed by atoms with Gasteiger partial charge in [-0.3, -0.25) is 9.59 Å². The lowest BCUT2D eigenvalue weighted by molar-refractivity contribution is -0.134. The fourth-order valence-corrected chi connectivity index (χ4v) is 1.18. The van der Waals surface area contributed by atoms with Crippen LogP contribution in [-0.4, -0.2) is 18.1 Å². The summed E-state index contributed by atoms with van der Waals surface area (Å²) < 4.78 is 5.00. The van der Waals surface area contributed by atoms with Crippen molar-refractivity contribution < 1.29 is 14.3 Å². The smallest absolute Gasteiger partial charge is 0.311 e. The highest BCUT2D eigenvalue weighted by molar-refractivity contribution is 6.17. The molecule has 80 valence electrons. The Kier molecular flexibility index (Phi) is 4.84. The van der Waals surface area contributed by atoms with Crippen molar-refractivity contribution in [3.63, 3.8) is 0 Å². The molecule has 0 aliphatic rings. The molecular weight excluding hydrogens is 216 g/mol. The number of esters is 1. The van der Waals surface area contributed by atoms with Crippen molar-refractivity contribution in [2.45, 2.75) is 12.8 Å². The second-order valence-electron chi connectivity index (χ2n) is 2.96. The molecule has 3 nitrogen and oxygen atoms in total. The first-order valence-electron chi connectivity index (χ1n) is 4.58. The predicted molar refractivity (Wildman–Crippen MR) is 57.4 cm³/mol. The average Bonchev–Trinajstić information content (AvgIpc) is 2.26. The molecule has 4 heteroatoms. The molecule has 0 aliphatic heterocycles. The maximum atomic E-state index is 11.2. The summed E-state index contributed by atoms with van der Waals surface area (Å²) in [6.45, 7) is 0. The minimum atomic E-state index is -0.335. The lowest BCUT2D eigenvalue weighted by atomic mass is 10.2. The molecule has 0 fully saturated rings. The van der Waals surface area contributed by atoms with Crippen LogP contribution in [0.3, 0.4) is 0 Å². The highest BCUT2D eigenvalue weighted by atomic mass is 35.5. The van der Waals surface area contributed by atoms with Gasteiger partial charge >= 0.3 is 5.97 Å². The van der Waals surface area contributed by atoms with Crippen molar-refractivity contribution >= 4 is 23.9 Å². The van der Waals surface area contributed by atoms with Crippen LogP contribution in [0, 0.1) is 0 Å². The lowest BCUT2D eigenvalue weighted by Gasteiger charge is -2.03. The summed E-state index contributed by atoms with van der Waals surface area (Å²) in [7, 11) is 0. The standard InChI is InChI=1S/C11H11ClO3/c12-6-2-5-11(14)15-10-4-1-3-9(7-10)8-13/h1,3-4,7-8H,2,5-6H2. The first kappa shape index (κ1) is 11.7. The Morgan fingerprint density at radius 1 is 1.47 bits per heavy atom. The Morgan fingerprint density at radius 3 is 2.93 bits per heavy atom. The zero-order valence-electron chi connectivity index (χ0n) is 8.11. The second-order valence-corrected chi connectivity index (χ2v) is 3.33. The molecule has 0 radical (unpaired) electrons. The number of halogens is 1. The third-order valence-electron chi connectivity index (χ3n) is 1.74. The van der Waals surface area contributed by atoms with Gasteiger partial charge in [0.15, 0.2) is 0 Å². The normalized spacial score (nSPS) is 9.67. The van der Waals surface area contributed by atoms with Gasteiger partial charge in [0.2, 0.25) is 0 Å². The number of hydrogen-bond donors (Lipinski definition) is 0. The molecule has 0 spiro atoms. The summed E-state index contributed by atoms with van der Waals surface area (Å²) in [5.41, 5.74) is 0.484. The highest BCUT2D eigenvalue weighted by Crippen LogP contribution is 2.13. The summed E-state index contributed by atoms with van der Waals surface area (Å²) in [6, 6.07) is 6.45. The van der Waals surface area contributed by atoms with E-state index in [-0.39, 0.29) is 12.4 Å². The van der Waals surface area contributed by atoms with Crippen molar-refractivity contribution in [2.75, 3.05) is 5.88 Å². The molecule has 0 heterocycles. The summed E-state index contributed by atoms with van der Waals surface area (Å²) >= 11 is 5.44. The molecular formula is C11H11ClO3. The van der Waals surface area contributed by atoms with E-state index in [1.165, 1.54) is 6.07 Å². The Morgan fingerprint density at radius 2 is 2.27 bits per heavy atom. The molecule has 0 saturated carbocycles. The Bertz CT molecular complexity index is 349.